The maximum atomic E-state index is 13.6. The fraction of sp³-hybridized carbons (Fsp3) is 0.316. The smallest absolute Gasteiger partial charge is 0.193 e. The largest absolute Gasteiger partial charge is 0.492 e. The lowest BCUT2D eigenvalue weighted by Gasteiger charge is -2.22. The first kappa shape index (κ1) is 21.2. The Morgan fingerprint density at radius 3 is 2.48 bits per heavy atom. The van der Waals surface area contributed by atoms with Gasteiger partial charge in [-0.15, -0.1) is 24.0 Å². The first-order valence-corrected chi connectivity index (χ1v) is 8.03. The topological polar surface area (TPSA) is 36.9 Å². The third-order valence-corrected chi connectivity index (χ3v) is 3.65. The molecular weight excluding hydrogens is 432 g/mol. The van der Waals surface area contributed by atoms with Crippen LogP contribution in [-0.4, -0.2) is 44.7 Å². The third kappa shape index (κ3) is 7.29. The van der Waals surface area contributed by atoms with Crippen LogP contribution in [0.25, 0.3) is 0 Å². The minimum Gasteiger partial charge on any atom is -0.492 e. The van der Waals surface area contributed by atoms with Crippen LogP contribution in [0, 0.1) is 5.82 Å². The lowest BCUT2D eigenvalue weighted by Crippen LogP contribution is -2.41. The third-order valence-electron chi connectivity index (χ3n) is 3.65. The van der Waals surface area contributed by atoms with Gasteiger partial charge in [-0.3, -0.25) is 4.99 Å². The van der Waals surface area contributed by atoms with E-state index in [9.17, 15) is 4.39 Å². The molecule has 2 aromatic rings. The molecule has 0 spiro atoms. The molecule has 0 saturated heterocycles. The number of para-hydroxylation sites is 1. The minimum absolute atomic E-state index is 0. The Kier molecular flexibility index (Phi) is 9.91. The average molecular weight is 457 g/mol. The summed E-state index contributed by atoms with van der Waals surface area (Å²) >= 11 is 0. The Hall–Kier alpha value is -1.83. The summed E-state index contributed by atoms with van der Waals surface area (Å²) in [6.07, 6.45) is 0.611. The second-order valence-electron chi connectivity index (χ2n) is 5.40. The number of nitrogens with zero attached hydrogens (tertiary/aromatic N) is 2. The van der Waals surface area contributed by atoms with Crippen molar-refractivity contribution in [3.05, 3.63) is 66.0 Å². The van der Waals surface area contributed by atoms with Crippen LogP contribution >= 0.6 is 24.0 Å². The highest BCUT2D eigenvalue weighted by Crippen LogP contribution is 2.08. The standard InChI is InChI=1S/C19H24FN3O.HI/c1-21-19(22-13-12-16-8-6-7-11-18(16)20)23(2)14-15-24-17-9-4-3-5-10-17;/h3-11H,12-15H2,1-2H3,(H,21,22);1H. The Balaban J connectivity index is 0.00000312. The molecule has 6 heteroatoms. The number of halogens is 2. The van der Waals surface area contributed by atoms with Gasteiger partial charge in [-0.2, -0.15) is 0 Å². The highest BCUT2D eigenvalue weighted by Gasteiger charge is 2.06. The Morgan fingerprint density at radius 2 is 1.80 bits per heavy atom. The molecule has 0 saturated carbocycles. The van der Waals surface area contributed by atoms with E-state index in [1.54, 1.807) is 19.2 Å². The van der Waals surface area contributed by atoms with Crippen molar-refractivity contribution in [1.29, 1.82) is 0 Å². The molecule has 0 bridgehead atoms. The van der Waals surface area contributed by atoms with Crippen molar-refractivity contribution >= 4 is 29.9 Å². The van der Waals surface area contributed by atoms with E-state index in [0.717, 1.165) is 11.7 Å². The zero-order chi connectivity index (χ0) is 17.2. The molecular formula is C19H25FIN3O. The minimum atomic E-state index is -0.168. The van der Waals surface area contributed by atoms with Gasteiger partial charge < -0.3 is 15.0 Å². The quantitative estimate of drug-likeness (QED) is 0.393. The molecule has 0 unspecified atom stereocenters. The molecule has 2 rings (SSSR count). The number of guanidine groups is 1. The van der Waals surface area contributed by atoms with Crippen LogP contribution in [0.2, 0.25) is 0 Å². The lowest BCUT2D eigenvalue weighted by atomic mass is 10.1. The van der Waals surface area contributed by atoms with E-state index < -0.39 is 0 Å². The number of hydrogen-bond acceptors (Lipinski definition) is 2. The van der Waals surface area contributed by atoms with Crippen LogP contribution in [0.1, 0.15) is 5.56 Å². The van der Waals surface area contributed by atoms with Crippen LogP contribution in [0.15, 0.2) is 59.6 Å². The fourth-order valence-electron chi connectivity index (χ4n) is 2.32. The molecule has 0 radical (unpaired) electrons. The molecule has 136 valence electrons. The molecule has 4 nitrogen and oxygen atoms in total. The van der Waals surface area contributed by atoms with Gasteiger partial charge in [-0.05, 0) is 30.2 Å². The maximum Gasteiger partial charge on any atom is 0.193 e. The van der Waals surface area contributed by atoms with Gasteiger partial charge in [0.1, 0.15) is 18.2 Å². The fourth-order valence-corrected chi connectivity index (χ4v) is 2.32. The maximum absolute atomic E-state index is 13.6. The van der Waals surface area contributed by atoms with E-state index in [1.807, 2.05) is 48.3 Å². The van der Waals surface area contributed by atoms with Gasteiger partial charge in [0.25, 0.3) is 0 Å². The highest BCUT2D eigenvalue weighted by atomic mass is 127. The van der Waals surface area contributed by atoms with Crippen LogP contribution in [0.5, 0.6) is 5.75 Å². The van der Waals surface area contributed by atoms with Gasteiger partial charge in [0, 0.05) is 20.6 Å². The van der Waals surface area contributed by atoms with E-state index in [-0.39, 0.29) is 29.8 Å². The number of hydrogen-bond donors (Lipinski definition) is 1. The molecule has 0 heterocycles. The monoisotopic (exact) mass is 457 g/mol. The molecule has 0 atom stereocenters. The average Bonchev–Trinajstić information content (AvgIpc) is 2.61. The van der Waals surface area contributed by atoms with Gasteiger partial charge in [-0.25, -0.2) is 4.39 Å². The zero-order valence-electron chi connectivity index (χ0n) is 14.6. The highest BCUT2D eigenvalue weighted by molar-refractivity contribution is 14.0. The van der Waals surface area contributed by atoms with Crippen molar-refractivity contribution in [3.8, 4) is 5.75 Å². The summed E-state index contributed by atoms with van der Waals surface area (Å²) in [6, 6.07) is 16.5. The Bertz CT molecular complexity index is 652. The first-order valence-electron chi connectivity index (χ1n) is 8.03. The van der Waals surface area contributed by atoms with Crippen molar-refractivity contribution in [2.24, 2.45) is 4.99 Å². The van der Waals surface area contributed by atoms with Crippen LogP contribution in [0.3, 0.4) is 0 Å². The zero-order valence-corrected chi connectivity index (χ0v) is 16.9. The second-order valence-corrected chi connectivity index (χ2v) is 5.40. The van der Waals surface area contributed by atoms with Crippen molar-refractivity contribution in [3.63, 3.8) is 0 Å². The molecule has 2 aromatic carbocycles. The number of nitrogens with one attached hydrogen (secondary N) is 1. The van der Waals surface area contributed by atoms with E-state index in [1.165, 1.54) is 6.07 Å². The summed E-state index contributed by atoms with van der Waals surface area (Å²) in [6.45, 7) is 1.89. The molecule has 25 heavy (non-hydrogen) atoms. The predicted octanol–water partition coefficient (Wildman–Crippen LogP) is 3.57. The molecule has 0 fully saturated rings. The summed E-state index contributed by atoms with van der Waals surface area (Å²) in [5.41, 5.74) is 0.704. The first-order chi connectivity index (χ1) is 11.7. The molecule has 0 aromatic heterocycles. The lowest BCUT2D eigenvalue weighted by molar-refractivity contribution is 0.281. The Labute approximate surface area is 166 Å². The summed E-state index contributed by atoms with van der Waals surface area (Å²) in [4.78, 5) is 6.24. The van der Waals surface area contributed by atoms with Crippen molar-refractivity contribution in [1.82, 2.24) is 10.2 Å². The Morgan fingerprint density at radius 1 is 1.12 bits per heavy atom. The summed E-state index contributed by atoms with van der Waals surface area (Å²) < 4.78 is 19.3. The van der Waals surface area contributed by atoms with Crippen molar-refractivity contribution in [2.75, 3.05) is 33.8 Å². The van der Waals surface area contributed by atoms with Gasteiger partial charge in [0.2, 0.25) is 0 Å². The van der Waals surface area contributed by atoms with Gasteiger partial charge in [0.05, 0.1) is 6.54 Å². The number of ether oxygens (including phenoxy) is 1. The van der Waals surface area contributed by atoms with Gasteiger partial charge in [-0.1, -0.05) is 36.4 Å². The van der Waals surface area contributed by atoms with E-state index in [2.05, 4.69) is 10.3 Å². The van der Waals surface area contributed by atoms with Gasteiger partial charge in [0.15, 0.2) is 5.96 Å². The summed E-state index contributed by atoms with van der Waals surface area (Å²) in [5, 5.41) is 3.25. The van der Waals surface area contributed by atoms with Crippen molar-refractivity contribution in [2.45, 2.75) is 6.42 Å². The SMILES string of the molecule is CN=C(NCCc1ccccc1F)N(C)CCOc1ccccc1.I. The number of rotatable bonds is 7. The number of aliphatic imine (C=N–C) groups is 1. The number of benzene rings is 2. The summed E-state index contributed by atoms with van der Waals surface area (Å²) in [5.74, 6) is 1.45. The van der Waals surface area contributed by atoms with E-state index in [4.69, 9.17) is 4.74 Å². The molecule has 0 aliphatic carbocycles. The molecule has 0 amide bonds. The van der Waals surface area contributed by atoms with E-state index in [0.29, 0.717) is 31.7 Å². The normalized spacial score (nSPS) is 10.8. The number of likely N-dealkylation sites (N-methyl/N-ethyl adjacent to an activating group) is 1. The van der Waals surface area contributed by atoms with Crippen molar-refractivity contribution < 1.29 is 9.13 Å². The van der Waals surface area contributed by atoms with Gasteiger partial charge >= 0.3 is 0 Å². The van der Waals surface area contributed by atoms with E-state index >= 15 is 0 Å². The second kappa shape index (κ2) is 11.7. The van der Waals surface area contributed by atoms with Crippen LogP contribution < -0.4 is 10.1 Å². The van der Waals surface area contributed by atoms with Crippen LogP contribution in [0.4, 0.5) is 4.39 Å². The van der Waals surface area contributed by atoms with Crippen LogP contribution in [-0.2, 0) is 6.42 Å². The predicted molar refractivity (Wildman–Crippen MR) is 111 cm³/mol. The molecule has 1 N–H and O–H groups in total. The summed E-state index contributed by atoms with van der Waals surface area (Å²) in [7, 11) is 3.69. The molecule has 0 aliphatic heterocycles. The molecule has 0 aliphatic rings.